The van der Waals surface area contributed by atoms with Crippen molar-refractivity contribution >= 4 is 11.9 Å². The topological polar surface area (TPSA) is 95.9 Å². The Balaban J connectivity index is 4.37. The van der Waals surface area contributed by atoms with E-state index in [1.807, 2.05) is 0 Å². The highest BCUT2D eigenvalue weighted by Gasteiger charge is 2.30. The van der Waals surface area contributed by atoms with E-state index < -0.39 is 30.1 Å². The molecule has 0 heterocycles. The van der Waals surface area contributed by atoms with E-state index in [2.05, 4.69) is 5.32 Å². The van der Waals surface area contributed by atoms with Crippen LogP contribution in [0, 0.1) is 0 Å². The van der Waals surface area contributed by atoms with Crippen molar-refractivity contribution in [2.24, 2.45) is 0 Å². The average Bonchev–Trinajstić information content (AvgIpc) is 2.12. The first-order valence-electron chi connectivity index (χ1n) is 4.05. The van der Waals surface area contributed by atoms with Crippen molar-refractivity contribution in [3.05, 3.63) is 0 Å². The summed E-state index contributed by atoms with van der Waals surface area (Å²) < 4.78 is 4.84. The second kappa shape index (κ2) is 4.92. The van der Waals surface area contributed by atoms with E-state index in [-0.39, 0.29) is 0 Å². The van der Waals surface area contributed by atoms with E-state index in [1.165, 1.54) is 21.0 Å². The molecule has 0 bridgehead atoms. The quantitative estimate of drug-likeness (QED) is 0.533. The number of aliphatic carboxylic acids is 1. The molecule has 0 rings (SSSR count). The lowest BCUT2D eigenvalue weighted by molar-refractivity contribution is -0.148. The highest BCUT2D eigenvalue weighted by Crippen LogP contribution is 2.07. The molecule has 0 aromatic carbocycles. The minimum absolute atomic E-state index is 0.582. The Labute approximate surface area is 81.9 Å². The SMILES string of the molecule is COC(C)(C)C(=O)NC(CO)C(=O)O. The van der Waals surface area contributed by atoms with Crippen molar-refractivity contribution in [2.45, 2.75) is 25.5 Å². The van der Waals surface area contributed by atoms with Crippen LogP contribution in [0.2, 0.25) is 0 Å². The molecule has 6 nitrogen and oxygen atoms in total. The van der Waals surface area contributed by atoms with E-state index in [9.17, 15) is 9.59 Å². The van der Waals surface area contributed by atoms with Crippen LogP contribution in [0.4, 0.5) is 0 Å². The van der Waals surface area contributed by atoms with Gasteiger partial charge >= 0.3 is 5.97 Å². The Morgan fingerprint density at radius 1 is 1.50 bits per heavy atom. The number of carboxylic acids is 1. The van der Waals surface area contributed by atoms with Gasteiger partial charge in [-0.25, -0.2) is 4.79 Å². The molecule has 1 atom stereocenters. The van der Waals surface area contributed by atoms with E-state index in [0.717, 1.165) is 0 Å². The molecule has 82 valence electrons. The maximum atomic E-state index is 11.4. The largest absolute Gasteiger partial charge is 0.480 e. The van der Waals surface area contributed by atoms with Gasteiger partial charge in [0.25, 0.3) is 5.91 Å². The number of nitrogens with one attached hydrogen (secondary N) is 1. The molecule has 0 aromatic heterocycles. The van der Waals surface area contributed by atoms with Gasteiger partial charge in [0.2, 0.25) is 0 Å². The van der Waals surface area contributed by atoms with Crippen LogP contribution >= 0.6 is 0 Å². The summed E-state index contributed by atoms with van der Waals surface area (Å²) in [4.78, 5) is 21.8. The molecule has 0 saturated heterocycles. The zero-order valence-corrected chi connectivity index (χ0v) is 8.40. The number of amides is 1. The van der Waals surface area contributed by atoms with Crippen LogP contribution in [-0.4, -0.2) is 47.4 Å². The number of aliphatic hydroxyl groups is 1. The van der Waals surface area contributed by atoms with Gasteiger partial charge in [-0.1, -0.05) is 0 Å². The predicted octanol–water partition coefficient (Wildman–Crippen LogP) is -1.03. The molecule has 0 aromatic rings. The van der Waals surface area contributed by atoms with Crippen LogP contribution in [0.1, 0.15) is 13.8 Å². The summed E-state index contributed by atoms with van der Waals surface area (Å²) in [5.41, 5.74) is -1.11. The summed E-state index contributed by atoms with van der Waals surface area (Å²) >= 11 is 0. The maximum absolute atomic E-state index is 11.4. The van der Waals surface area contributed by atoms with Gasteiger partial charge in [0.1, 0.15) is 11.6 Å². The van der Waals surface area contributed by atoms with Crippen molar-refractivity contribution in [1.29, 1.82) is 0 Å². The molecule has 14 heavy (non-hydrogen) atoms. The van der Waals surface area contributed by atoms with E-state index >= 15 is 0 Å². The molecule has 0 fully saturated rings. The smallest absolute Gasteiger partial charge is 0.328 e. The van der Waals surface area contributed by atoms with E-state index in [0.29, 0.717) is 0 Å². The summed E-state index contributed by atoms with van der Waals surface area (Å²) in [6, 6.07) is -1.29. The van der Waals surface area contributed by atoms with Crippen molar-refractivity contribution in [2.75, 3.05) is 13.7 Å². The molecular formula is C8H15NO5. The zero-order valence-electron chi connectivity index (χ0n) is 8.40. The zero-order chi connectivity index (χ0) is 11.4. The third kappa shape index (κ3) is 3.31. The van der Waals surface area contributed by atoms with Gasteiger partial charge in [0, 0.05) is 7.11 Å². The standard InChI is InChI=1S/C8H15NO5/c1-8(2,14-3)7(13)9-5(4-10)6(11)12/h5,10H,4H2,1-3H3,(H,9,13)(H,11,12). The Kier molecular flexibility index (Phi) is 4.52. The van der Waals surface area contributed by atoms with Gasteiger partial charge in [-0.05, 0) is 13.8 Å². The average molecular weight is 205 g/mol. The number of carboxylic acid groups (broad SMARTS) is 1. The van der Waals surface area contributed by atoms with Crippen molar-refractivity contribution < 1.29 is 24.5 Å². The minimum Gasteiger partial charge on any atom is -0.480 e. The Hall–Kier alpha value is -1.14. The molecule has 1 unspecified atom stereocenters. The molecule has 0 aliphatic rings. The Morgan fingerprint density at radius 3 is 2.29 bits per heavy atom. The third-order valence-electron chi connectivity index (χ3n) is 1.84. The number of methoxy groups -OCH3 is 1. The van der Waals surface area contributed by atoms with E-state index in [4.69, 9.17) is 14.9 Å². The number of hydrogen-bond donors (Lipinski definition) is 3. The second-order valence-corrected chi connectivity index (χ2v) is 3.26. The minimum atomic E-state index is -1.29. The fourth-order valence-electron chi connectivity index (χ4n) is 0.610. The molecule has 0 radical (unpaired) electrons. The van der Waals surface area contributed by atoms with Gasteiger partial charge < -0.3 is 20.3 Å². The first-order valence-corrected chi connectivity index (χ1v) is 4.05. The van der Waals surface area contributed by atoms with Gasteiger partial charge in [0.15, 0.2) is 0 Å². The van der Waals surface area contributed by atoms with Crippen LogP contribution in [-0.2, 0) is 14.3 Å². The highest BCUT2D eigenvalue weighted by atomic mass is 16.5. The third-order valence-corrected chi connectivity index (χ3v) is 1.84. The molecule has 3 N–H and O–H groups in total. The number of hydrogen-bond acceptors (Lipinski definition) is 4. The lowest BCUT2D eigenvalue weighted by Crippen LogP contribution is -2.51. The summed E-state index contributed by atoms with van der Waals surface area (Å²) in [7, 11) is 1.34. The fraction of sp³-hybridized carbons (Fsp3) is 0.750. The van der Waals surface area contributed by atoms with Crippen LogP contribution in [0.3, 0.4) is 0 Å². The Bertz CT molecular complexity index is 226. The number of ether oxygens (including phenoxy) is 1. The lowest BCUT2D eigenvalue weighted by Gasteiger charge is -2.23. The van der Waals surface area contributed by atoms with Crippen molar-refractivity contribution in [1.82, 2.24) is 5.32 Å². The molecule has 0 spiro atoms. The summed E-state index contributed by atoms with van der Waals surface area (Å²) in [5.74, 6) is -1.87. The van der Waals surface area contributed by atoms with Crippen LogP contribution in [0.25, 0.3) is 0 Å². The van der Waals surface area contributed by atoms with E-state index in [1.54, 1.807) is 0 Å². The molecule has 0 aliphatic carbocycles. The first kappa shape index (κ1) is 12.9. The lowest BCUT2D eigenvalue weighted by atomic mass is 10.1. The summed E-state index contributed by atoms with van der Waals surface area (Å²) in [6.45, 7) is 2.35. The van der Waals surface area contributed by atoms with Crippen molar-refractivity contribution in [3.63, 3.8) is 0 Å². The van der Waals surface area contributed by atoms with Crippen molar-refractivity contribution in [3.8, 4) is 0 Å². The second-order valence-electron chi connectivity index (χ2n) is 3.26. The number of rotatable bonds is 5. The van der Waals surface area contributed by atoms with Gasteiger partial charge in [-0.2, -0.15) is 0 Å². The van der Waals surface area contributed by atoms with Crippen LogP contribution < -0.4 is 5.32 Å². The monoisotopic (exact) mass is 205 g/mol. The fourth-order valence-corrected chi connectivity index (χ4v) is 0.610. The maximum Gasteiger partial charge on any atom is 0.328 e. The summed E-state index contributed by atoms with van der Waals surface area (Å²) in [5, 5.41) is 19.3. The first-order chi connectivity index (χ1) is 6.35. The predicted molar refractivity (Wildman–Crippen MR) is 47.7 cm³/mol. The molecule has 1 amide bonds. The van der Waals surface area contributed by atoms with Gasteiger partial charge in [-0.3, -0.25) is 4.79 Å². The number of aliphatic hydroxyl groups excluding tert-OH is 1. The molecule has 6 heteroatoms. The van der Waals surface area contributed by atoms with Gasteiger partial charge in [0.05, 0.1) is 6.61 Å². The normalized spacial score (nSPS) is 13.4. The summed E-state index contributed by atoms with van der Waals surface area (Å²) in [6.07, 6.45) is 0. The van der Waals surface area contributed by atoms with Gasteiger partial charge in [-0.15, -0.1) is 0 Å². The number of carbonyl (C=O) groups is 2. The van der Waals surface area contributed by atoms with Crippen LogP contribution in [0.5, 0.6) is 0 Å². The molecule has 0 saturated carbocycles. The molecular weight excluding hydrogens is 190 g/mol. The Morgan fingerprint density at radius 2 is 2.00 bits per heavy atom. The number of carbonyl (C=O) groups excluding carboxylic acids is 1. The molecule has 0 aliphatic heterocycles. The van der Waals surface area contributed by atoms with Crippen LogP contribution in [0.15, 0.2) is 0 Å². The highest BCUT2D eigenvalue weighted by molar-refractivity contribution is 5.88.